The third-order valence-corrected chi connectivity index (χ3v) is 16.5. The Morgan fingerprint density at radius 1 is 0.269 bits per heavy atom. The maximum atomic E-state index is 2.64. The highest BCUT2D eigenvalue weighted by Crippen LogP contribution is 2.53. The topological polar surface area (TPSA) is 15.3 Å². The Labute approximate surface area is 454 Å². The molecule has 0 aliphatic heterocycles. The van der Waals surface area contributed by atoms with Crippen LogP contribution in [0.2, 0.25) is 0 Å². The molecule has 0 saturated carbocycles. The molecule has 0 aliphatic carbocycles. The van der Waals surface area contributed by atoms with Crippen LogP contribution in [0.5, 0.6) is 0 Å². The lowest BCUT2D eigenvalue weighted by Gasteiger charge is -2.27. The van der Waals surface area contributed by atoms with Gasteiger partial charge in [0.1, 0.15) is 0 Å². The highest BCUT2D eigenvalue weighted by molar-refractivity contribution is 6.32. The number of aromatic nitrogens is 2. The zero-order valence-corrected chi connectivity index (χ0v) is 44.9. The smallest absolute Gasteiger partial charge is 0.0641 e. The van der Waals surface area contributed by atoms with Gasteiger partial charge in [-0.3, -0.25) is 0 Å². The van der Waals surface area contributed by atoms with E-state index in [4.69, 9.17) is 0 Å². The van der Waals surface area contributed by atoms with Crippen molar-refractivity contribution in [2.75, 3.05) is 9.80 Å². The molecule has 0 spiro atoms. The van der Waals surface area contributed by atoms with Crippen molar-refractivity contribution < 1.29 is 0 Å². The number of nitrogens with zero attached hydrogens (tertiary/aromatic N) is 4. The van der Waals surface area contributed by atoms with Crippen molar-refractivity contribution >= 4 is 110 Å². The number of benzene rings is 11. The molecule has 15 aromatic rings. The quantitative estimate of drug-likeness (QED) is 0.151. The van der Waals surface area contributed by atoms with Gasteiger partial charge in [-0.05, 0) is 117 Å². The minimum atomic E-state index is -0.135. The summed E-state index contributed by atoms with van der Waals surface area (Å²) < 4.78 is 5.27. The number of hydrogen-bond acceptors (Lipinski definition) is 2. The molecule has 0 saturated heterocycles. The predicted octanol–water partition coefficient (Wildman–Crippen LogP) is 20.9. The van der Waals surface area contributed by atoms with Gasteiger partial charge in [-0.2, -0.15) is 0 Å². The fourth-order valence-corrected chi connectivity index (χ4v) is 13.1. The summed E-state index contributed by atoms with van der Waals surface area (Å²) in [4.78, 5) is 4.95. The minimum Gasteiger partial charge on any atom is -0.310 e. The summed E-state index contributed by atoms with van der Waals surface area (Å²) >= 11 is 0. The van der Waals surface area contributed by atoms with E-state index < -0.39 is 0 Å². The van der Waals surface area contributed by atoms with Crippen LogP contribution in [0.15, 0.2) is 243 Å². The molecule has 0 amide bonds. The van der Waals surface area contributed by atoms with Gasteiger partial charge >= 0.3 is 0 Å². The summed E-state index contributed by atoms with van der Waals surface area (Å²) in [6.45, 7) is 14.2. The molecule has 0 atom stereocenters. The minimum absolute atomic E-state index is 0.135. The van der Waals surface area contributed by atoms with Crippen molar-refractivity contribution in [1.82, 2.24) is 8.80 Å². The highest BCUT2D eigenvalue weighted by atomic mass is 15.2. The molecule has 374 valence electrons. The number of hydrogen-bond donors (Lipinski definition) is 0. The molecule has 4 heterocycles. The molecule has 4 aromatic heterocycles. The highest BCUT2D eigenvalue weighted by Gasteiger charge is 2.32. The van der Waals surface area contributed by atoms with Gasteiger partial charge in [-0.1, -0.05) is 211 Å². The summed E-state index contributed by atoms with van der Waals surface area (Å²) in [5.41, 5.74) is 21.4. The van der Waals surface area contributed by atoms with Crippen LogP contribution in [0.25, 0.3) is 98.4 Å². The first-order valence-electron chi connectivity index (χ1n) is 27.4. The maximum Gasteiger partial charge on any atom is 0.0641 e. The lowest BCUT2D eigenvalue weighted by Crippen LogP contribution is -2.12. The number of rotatable bonds is 8. The Balaban J connectivity index is 1.05. The molecule has 78 heavy (non-hydrogen) atoms. The summed E-state index contributed by atoms with van der Waals surface area (Å²) in [7, 11) is 0. The molecular weight excluding hydrogens is 945 g/mol. The van der Waals surface area contributed by atoms with Crippen LogP contribution in [-0.4, -0.2) is 8.80 Å². The number of para-hydroxylation sites is 4. The van der Waals surface area contributed by atoms with E-state index in [-0.39, 0.29) is 10.8 Å². The van der Waals surface area contributed by atoms with E-state index in [0.717, 1.165) is 34.1 Å². The standard InChI is InChI=1S/C74H58N4/c1-73(2,3)61-37-21-35-57-67-63(75(51-29-15-9-16-30-51)53-33-19-27-49(43-53)47-23-11-7-12-24-47)41-39-55-59-46-66-60(45-65(59)77(69(57)61)71(55)67)56-40-42-64(68-58-36-22-38-62(74(4,5)6)70(58)78(66)72(56)68)76(52-31-17-10-18-32-52)54-34-20-28-50(44-54)48-25-13-8-14-26-48/h7-46H,1-6H3. The number of anilines is 6. The Morgan fingerprint density at radius 2 is 0.615 bits per heavy atom. The predicted molar refractivity (Wildman–Crippen MR) is 333 cm³/mol. The fraction of sp³-hybridized carbons (Fsp3) is 0.108. The molecule has 0 bridgehead atoms. The molecule has 0 unspecified atom stereocenters. The molecule has 0 radical (unpaired) electrons. The van der Waals surface area contributed by atoms with Gasteiger partial charge < -0.3 is 18.6 Å². The molecule has 4 heteroatoms. The summed E-state index contributed by atoms with van der Waals surface area (Å²) in [6, 6.07) is 90.0. The summed E-state index contributed by atoms with van der Waals surface area (Å²) in [5, 5.41) is 10.0. The van der Waals surface area contributed by atoms with Crippen LogP contribution in [0.3, 0.4) is 0 Å². The molecule has 0 N–H and O–H groups in total. The van der Waals surface area contributed by atoms with E-state index in [0.29, 0.717) is 0 Å². The van der Waals surface area contributed by atoms with E-state index in [1.807, 2.05) is 0 Å². The van der Waals surface area contributed by atoms with Crippen LogP contribution in [0, 0.1) is 0 Å². The zero-order valence-electron chi connectivity index (χ0n) is 44.9. The monoisotopic (exact) mass is 1000 g/mol. The van der Waals surface area contributed by atoms with Crippen molar-refractivity contribution in [3.05, 3.63) is 254 Å². The second-order valence-electron chi connectivity index (χ2n) is 23.3. The molecular formula is C74H58N4. The molecule has 0 fully saturated rings. The summed E-state index contributed by atoms with van der Waals surface area (Å²) in [5.74, 6) is 0. The van der Waals surface area contributed by atoms with Crippen LogP contribution in [-0.2, 0) is 10.8 Å². The third kappa shape index (κ3) is 6.85. The van der Waals surface area contributed by atoms with Gasteiger partial charge in [0, 0.05) is 65.8 Å². The van der Waals surface area contributed by atoms with E-state index in [1.54, 1.807) is 0 Å². The van der Waals surface area contributed by atoms with Gasteiger partial charge in [0.25, 0.3) is 0 Å². The van der Waals surface area contributed by atoms with Gasteiger partial charge in [-0.25, -0.2) is 0 Å². The van der Waals surface area contributed by atoms with Gasteiger partial charge in [0.15, 0.2) is 0 Å². The van der Waals surface area contributed by atoms with Crippen LogP contribution < -0.4 is 9.80 Å². The largest absolute Gasteiger partial charge is 0.310 e. The lowest BCUT2D eigenvalue weighted by molar-refractivity contribution is 0.594. The molecule has 11 aromatic carbocycles. The normalized spacial score (nSPS) is 12.5. The lowest BCUT2D eigenvalue weighted by atomic mass is 9.85. The second-order valence-corrected chi connectivity index (χ2v) is 23.3. The van der Waals surface area contributed by atoms with Gasteiger partial charge in [0.2, 0.25) is 0 Å². The van der Waals surface area contributed by atoms with Gasteiger partial charge in [-0.15, -0.1) is 0 Å². The van der Waals surface area contributed by atoms with Crippen molar-refractivity contribution in [2.45, 2.75) is 52.4 Å². The van der Waals surface area contributed by atoms with Crippen molar-refractivity contribution in [2.24, 2.45) is 0 Å². The first-order chi connectivity index (χ1) is 38.0. The van der Waals surface area contributed by atoms with E-state index >= 15 is 0 Å². The number of fused-ring (bicyclic) bond motifs is 12. The van der Waals surface area contributed by atoms with E-state index in [2.05, 4.69) is 303 Å². The molecule has 4 nitrogen and oxygen atoms in total. The Morgan fingerprint density at radius 3 is 1.00 bits per heavy atom. The van der Waals surface area contributed by atoms with E-state index in [9.17, 15) is 0 Å². The SMILES string of the molecule is CC(C)(C)c1cccc2c3c(N(c4ccccc4)c4cccc(-c5ccccc5)c4)ccc4c5cc6c(cc5n(c12)c43)c1ccc(N(c2ccccc2)c2cccc(-c3ccccc3)c2)c2c3cccc(C(C)(C)C)c3n6c12. The van der Waals surface area contributed by atoms with Crippen molar-refractivity contribution in [3.63, 3.8) is 0 Å². The molecule has 0 aliphatic rings. The third-order valence-electron chi connectivity index (χ3n) is 16.5. The molecule has 15 rings (SSSR count). The van der Waals surface area contributed by atoms with Crippen molar-refractivity contribution in [1.29, 1.82) is 0 Å². The summed E-state index contributed by atoms with van der Waals surface area (Å²) in [6.07, 6.45) is 0. The average molecular weight is 1000 g/mol. The second kappa shape index (κ2) is 17.1. The Kier molecular flexibility index (Phi) is 10.1. The fourth-order valence-electron chi connectivity index (χ4n) is 13.1. The maximum absolute atomic E-state index is 2.64. The van der Waals surface area contributed by atoms with Crippen LogP contribution >= 0.6 is 0 Å². The van der Waals surface area contributed by atoms with Crippen LogP contribution in [0.1, 0.15) is 52.7 Å². The van der Waals surface area contributed by atoms with Crippen LogP contribution in [0.4, 0.5) is 34.1 Å². The Bertz CT molecular complexity index is 4480. The van der Waals surface area contributed by atoms with E-state index in [1.165, 1.54) is 110 Å². The van der Waals surface area contributed by atoms with Gasteiger partial charge in [0.05, 0.1) is 44.5 Å². The average Bonchev–Trinajstić information content (AvgIpc) is 3.84. The Hall–Kier alpha value is -9.38. The first-order valence-corrected chi connectivity index (χ1v) is 27.4. The van der Waals surface area contributed by atoms with Crippen molar-refractivity contribution in [3.8, 4) is 22.3 Å². The zero-order chi connectivity index (χ0) is 52.6. The first kappa shape index (κ1) is 46.0.